The number of hydrogen-bond acceptors (Lipinski definition) is 6. The number of rotatable bonds is 7. The van der Waals surface area contributed by atoms with Crippen molar-refractivity contribution in [3.8, 4) is 5.75 Å². The largest absolute Gasteiger partial charge is 0.497 e. The summed E-state index contributed by atoms with van der Waals surface area (Å²) in [5, 5.41) is 6.09. The second-order valence-electron chi connectivity index (χ2n) is 7.63. The molecule has 2 heterocycles. The summed E-state index contributed by atoms with van der Waals surface area (Å²) in [6.45, 7) is 0.0697. The minimum absolute atomic E-state index is 0.0417. The molecule has 4 rings (SSSR count). The van der Waals surface area contributed by atoms with Crippen LogP contribution in [0.1, 0.15) is 42.5 Å². The van der Waals surface area contributed by atoms with Gasteiger partial charge < -0.3 is 15.4 Å². The maximum absolute atomic E-state index is 12.6. The normalized spacial score (nSPS) is 17.4. The lowest BCUT2D eigenvalue weighted by molar-refractivity contribution is -0.131. The van der Waals surface area contributed by atoms with Gasteiger partial charge in [-0.25, -0.2) is 9.78 Å². The molecule has 2 fully saturated rings. The third kappa shape index (κ3) is 4.16. The zero-order chi connectivity index (χ0) is 21.1. The second-order valence-corrected chi connectivity index (χ2v) is 8.75. The molecule has 1 saturated carbocycles. The quantitative estimate of drug-likeness (QED) is 0.661. The smallest absolute Gasteiger partial charge is 0.325 e. The number of urea groups is 1. The van der Waals surface area contributed by atoms with Crippen LogP contribution < -0.4 is 15.4 Å². The third-order valence-corrected chi connectivity index (χ3v) is 6.49. The minimum atomic E-state index is -0.738. The molecule has 0 unspecified atom stereocenters. The minimum Gasteiger partial charge on any atom is -0.497 e. The number of benzene rings is 1. The summed E-state index contributed by atoms with van der Waals surface area (Å²) in [5.74, 6) is 0.322. The zero-order valence-electron chi connectivity index (χ0n) is 16.8. The van der Waals surface area contributed by atoms with Crippen molar-refractivity contribution in [1.29, 1.82) is 0 Å². The number of aromatic nitrogens is 1. The van der Waals surface area contributed by atoms with Crippen molar-refractivity contribution in [2.45, 2.75) is 44.1 Å². The van der Waals surface area contributed by atoms with E-state index in [0.29, 0.717) is 24.4 Å². The maximum Gasteiger partial charge on any atom is 0.325 e. The summed E-state index contributed by atoms with van der Waals surface area (Å²) < 4.78 is 5.24. The second kappa shape index (κ2) is 8.43. The molecule has 2 aliphatic rings. The Bertz CT molecular complexity index is 967. The highest BCUT2D eigenvalue weighted by molar-refractivity contribution is 7.15. The number of hydrogen-bond donors (Lipinski definition) is 2. The van der Waals surface area contributed by atoms with E-state index in [-0.39, 0.29) is 24.8 Å². The van der Waals surface area contributed by atoms with Crippen molar-refractivity contribution < 1.29 is 19.1 Å². The molecular weight excluding hydrogens is 404 g/mol. The van der Waals surface area contributed by atoms with Crippen LogP contribution in [-0.4, -0.2) is 46.9 Å². The SMILES string of the molecule is COc1cccc(Cc2cnc(NC(=O)CCN3C(=O)NC4(CCCC4)C3=O)s2)c1. The highest BCUT2D eigenvalue weighted by Gasteiger charge is 2.52. The Hall–Kier alpha value is -2.94. The molecule has 2 N–H and O–H groups in total. The lowest BCUT2D eigenvalue weighted by Gasteiger charge is -2.19. The molecule has 9 heteroatoms. The molecule has 0 bridgehead atoms. The number of carbonyl (C=O) groups is 3. The maximum atomic E-state index is 12.6. The lowest BCUT2D eigenvalue weighted by atomic mass is 9.98. The highest BCUT2D eigenvalue weighted by atomic mass is 32.1. The molecule has 4 amide bonds. The fourth-order valence-electron chi connectivity index (χ4n) is 4.02. The molecule has 8 nitrogen and oxygen atoms in total. The van der Waals surface area contributed by atoms with Crippen LogP contribution in [-0.2, 0) is 16.0 Å². The molecule has 0 atom stereocenters. The molecule has 1 spiro atoms. The number of carbonyl (C=O) groups excluding carboxylic acids is 3. The Morgan fingerprint density at radius 1 is 1.33 bits per heavy atom. The van der Waals surface area contributed by atoms with Crippen molar-refractivity contribution in [3.05, 3.63) is 40.9 Å². The standard InChI is InChI=1S/C21H24N4O4S/c1-29-15-6-4-5-14(11-15)12-16-13-22-19(30-16)23-17(26)7-10-25-18(27)21(24-20(25)28)8-2-3-9-21/h4-6,11,13H,2-3,7-10,12H2,1H3,(H,24,28)(H,22,23,26). The van der Waals surface area contributed by atoms with Crippen LogP contribution in [0.3, 0.4) is 0 Å². The van der Waals surface area contributed by atoms with Crippen LogP contribution in [0.2, 0.25) is 0 Å². The molecule has 1 aromatic carbocycles. The van der Waals surface area contributed by atoms with Gasteiger partial charge in [0, 0.05) is 30.5 Å². The Labute approximate surface area is 178 Å². The molecule has 1 aromatic heterocycles. The van der Waals surface area contributed by atoms with Crippen molar-refractivity contribution in [3.63, 3.8) is 0 Å². The lowest BCUT2D eigenvalue weighted by Crippen LogP contribution is -2.44. The van der Waals surface area contributed by atoms with Crippen LogP contribution in [0.5, 0.6) is 5.75 Å². The van der Waals surface area contributed by atoms with E-state index in [2.05, 4.69) is 15.6 Å². The van der Waals surface area contributed by atoms with Crippen LogP contribution in [0.25, 0.3) is 0 Å². The van der Waals surface area contributed by atoms with E-state index in [0.717, 1.165) is 29.0 Å². The molecule has 0 radical (unpaired) electrons. The first-order chi connectivity index (χ1) is 14.5. The fraction of sp³-hybridized carbons (Fsp3) is 0.429. The number of nitrogens with zero attached hydrogens (tertiary/aromatic N) is 2. The average Bonchev–Trinajstić information content (AvgIpc) is 3.43. The van der Waals surface area contributed by atoms with Crippen molar-refractivity contribution in [2.75, 3.05) is 19.0 Å². The van der Waals surface area contributed by atoms with E-state index < -0.39 is 11.6 Å². The predicted octanol–water partition coefficient (Wildman–Crippen LogP) is 2.94. The van der Waals surface area contributed by atoms with Gasteiger partial charge in [0.05, 0.1) is 7.11 Å². The van der Waals surface area contributed by atoms with Gasteiger partial charge in [-0.1, -0.05) is 25.0 Å². The fourth-order valence-corrected chi connectivity index (χ4v) is 4.89. The summed E-state index contributed by atoms with van der Waals surface area (Å²) in [4.78, 5) is 43.6. The van der Waals surface area contributed by atoms with Gasteiger partial charge in [0.2, 0.25) is 5.91 Å². The number of nitrogens with one attached hydrogen (secondary N) is 2. The van der Waals surface area contributed by atoms with Gasteiger partial charge in [0.15, 0.2) is 5.13 Å². The zero-order valence-corrected chi connectivity index (χ0v) is 17.6. The van der Waals surface area contributed by atoms with Crippen LogP contribution in [0.15, 0.2) is 30.5 Å². The van der Waals surface area contributed by atoms with Crippen LogP contribution in [0.4, 0.5) is 9.93 Å². The van der Waals surface area contributed by atoms with Crippen LogP contribution >= 0.6 is 11.3 Å². The molecule has 2 aromatic rings. The van der Waals surface area contributed by atoms with E-state index >= 15 is 0 Å². The number of methoxy groups -OCH3 is 1. The Morgan fingerprint density at radius 2 is 2.13 bits per heavy atom. The molecule has 1 aliphatic carbocycles. The van der Waals surface area contributed by atoms with E-state index in [4.69, 9.17) is 4.74 Å². The third-order valence-electron chi connectivity index (χ3n) is 5.58. The number of ether oxygens (including phenoxy) is 1. The van der Waals surface area contributed by atoms with Crippen molar-refractivity contribution in [1.82, 2.24) is 15.2 Å². The summed E-state index contributed by atoms with van der Waals surface area (Å²) in [6.07, 6.45) is 5.69. The van der Waals surface area contributed by atoms with Gasteiger partial charge in [-0.3, -0.25) is 14.5 Å². The van der Waals surface area contributed by atoms with E-state index in [1.807, 2.05) is 24.3 Å². The molecule has 1 saturated heterocycles. The number of amides is 4. The van der Waals surface area contributed by atoms with E-state index in [1.54, 1.807) is 13.3 Å². The van der Waals surface area contributed by atoms with Gasteiger partial charge in [-0.05, 0) is 30.5 Å². The molecule has 30 heavy (non-hydrogen) atoms. The van der Waals surface area contributed by atoms with E-state index in [1.165, 1.54) is 16.2 Å². The Morgan fingerprint density at radius 3 is 2.90 bits per heavy atom. The van der Waals surface area contributed by atoms with Crippen LogP contribution in [0, 0.1) is 0 Å². The summed E-state index contributed by atoms with van der Waals surface area (Å²) in [5.41, 5.74) is 0.355. The Kier molecular flexibility index (Phi) is 5.72. The highest BCUT2D eigenvalue weighted by Crippen LogP contribution is 2.35. The first-order valence-electron chi connectivity index (χ1n) is 10.0. The summed E-state index contributed by atoms with van der Waals surface area (Å²) in [7, 11) is 1.63. The number of thiazole rings is 1. The monoisotopic (exact) mass is 428 g/mol. The number of anilines is 1. The first-order valence-corrected chi connectivity index (χ1v) is 10.8. The first kappa shape index (κ1) is 20.3. The van der Waals surface area contributed by atoms with Crippen molar-refractivity contribution in [2.24, 2.45) is 0 Å². The molecular formula is C21H24N4O4S. The predicted molar refractivity (Wildman–Crippen MR) is 113 cm³/mol. The Balaban J connectivity index is 1.29. The van der Waals surface area contributed by atoms with Gasteiger partial charge in [-0.15, -0.1) is 11.3 Å². The topological polar surface area (TPSA) is 101 Å². The van der Waals surface area contributed by atoms with Gasteiger partial charge in [0.1, 0.15) is 11.3 Å². The molecule has 158 valence electrons. The average molecular weight is 429 g/mol. The van der Waals surface area contributed by atoms with Gasteiger partial charge in [0.25, 0.3) is 5.91 Å². The number of imide groups is 1. The van der Waals surface area contributed by atoms with E-state index in [9.17, 15) is 14.4 Å². The summed E-state index contributed by atoms with van der Waals surface area (Å²) in [6, 6.07) is 7.40. The summed E-state index contributed by atoms with van der Waals surface area (Å²) >= 11 is 1.40. The van der Waals surface area contributed by atoms with Gasteiger partial charge in [-0.2, -0.15) is 0 Å². The van der Waals surface area contributed by atoms with Crippen molar-refractivity contribution >= 4 is 34.3 Å². The molecule has 1 aliphatic heterocycles. The van der Waals surface area contributed by atoms with Gasteiger partial charge >= 0.3 is 6.03 Å².